The number of halogens is 1. The highest BCUT2D eigenvalue weighted by Crippen LogP contribution is 2.48. The number of sulfonamides is 1. The zero-order valence-corrected chi connectivity index (χ0v) is 33.0. The third kappa shape index (κ3) is 8.91. The second-order valence-electron chi connectivity index (χ2n) is 15.7. The quantitative estimate of drug-likeness (QED) is 0.344. The lowest BCUT2D eigenvalue weighted by atomic mass is 9.98. The van der Waals surface area contributed by atoms with Gasteiger partial charge in [0, 0.05) is 30.0 Å². The molecule has 1 saturated carbocycles. The third-order valence-electron chi connectivity index (χ3n) is 10.7. The van der Waals surface area contributed by atoms with Crippen LogP contribution in [0.2, 0.25) is 0 Å². The minimum absolute atomic E-state index is 0.00849. The van der Waals surface area contributed by atoms with E-state index in [2.05, 4.69) is 15.5 Å². The van der Waals surface area contributed by atoms with Crippen LogP contribution in [0.3, 0.4) is 0 Å². The number of carbonyl (C=O) groups excluding carboxylic acids is 5. The van der Waals surface area contributed by atoms with Gasteiger partial charge in [0.05, 0.1) is 25.6 Å². The molecule has 0 unspecified atom stereocenters. The fraction of sp³-hybridized carbons (Fsp3) is 0.595. The Kier molecular flexibility index (Phi) is 11.8. The number of ether oxygens (including phenoxy) is 2. The van der Waals surface area contributed by atoms with Gasteiger partial charge < -0.3 is 24.5 Å². The van der Waals surface area contributed by atoms with Crippen molar-refractivity contribution in [3.8, 4) is 5.75 Å². The molecular formula is C37H48FN5O10S2. The van der Waals surface area contributed by atoms with Crippen LogP contribution >= 0.6 is 11.3 Å². The molecule has 4 aliphatic rings. The number of hydroxylamine groups is 1. The largest absolute Gasteiger partial charge is 0.496 e. The summed E-state index contributed by atoms with van der Waals surface area (Å²) in [6.45, 7) is 4.92. The molecule has 0 radical (unpaired) electrons. The lowest BCUT2D eigenvalue weighted by Gasteiger charge is -2.30. The molecule has 5 atom stereocenters. The molecule has 6 rings (SSSR count). The Bertz CT molecular complexity index is 1930. The first kappa shape index (κ1) is 40.4. The topological polar surface area (TPSA) is 190 Å². The molecule has 3 aliphatic heterocycles. The number of methoxy groups -OCH3 is 1. The van der Waals surface area contributed by atoms with Crippen LogP contribution in [0.25, 0.3) is 0 Å². The van der Waals surface area contributed by atoms with Gasteiger partial charge in [-0.05, 0) is 57.6 Å². The number of nitrogens with zero attached hydrogens (tertiary/aromatic N) is 2. The van der Waals surface area contributed by atoms with Gasteiger partial charge in [0.2, 0.25) is 11.8 Å². The molecule has 300 valence electrons. The molecule has 1 aliphatic carbocycles. The Labute approximate surface area is 323 Å². The number of rotatable bonds is 7. The number of amides is 4. The Morgan fingerprint density at radius 2 is 1.78 bits per heavy atom. The summed E-state index contributed by atoms with van der Waals surface area (Å²) in [7, 11) is -2.92. The van der Waals surface area contributed by atoms with E-state index in [1.165, 1.54) is 34.4 Å². The molecule has 3 fully saturated rings. The second kappa shape index (κ2) is 16.1. The molecule has 0 bridgehead atoms. The summed E-state index contributed by atoms with van der Waals surface area (Å²) in [4.78, 5) is 76.6. The number of hydrogen-bond acceptors (Lipinski definition) is 12. The highest BCUT2D eigenvalue weighted by Gasteiger charge is 2.62. The molecule has 4 heterocycles. The van der Waals surface area contributed by atoms with E-state index in [1.807, 2.05) is 0 Å². The maximum atomic E-state index is 14.5. The molecule has 4 amide bonds. The van der Waals surface area contributed by atoms with Gasteiger partial charge in [-0.2, -0.15) is 0 Å². The lowest BCUT2D eigenvalue weighted by Crippen LogP contribution is -2.58. The van der Waals surface area contributed by atoms with Crippen LogP contribution < -0.4 is 20.3 Å². The van der Waals surface area contributed by atoms with Crippen molar-refractivity contribution >= 4 is 51.1 Å². The van der Waals surface area contributed by atoms with Crippen LogP contribution in [0.15, 0.2) is 33.9 Å². The van der Waals surface area contributed by atoms with Crippen molar-refractivity contribution in [3.05, 3.63) is 46.6 Å². The van der Waals surface area contributed by atoms with E-state index in [1.54, 1.807) is 32.9 Å². The number of hydrogen-bond donors (Lipinski definition) is 3. The van der Waals surface area contributed by atoms with E-state index in [0.717, 1.165) is 37.0 Å². The Hall–Kier alpha value is -4.29. The third-order valence-corrected chi connectivity index (χ3v) is 13.4. The van der Waals surface area contributed by atoms with Crippen molar-refractivity contribution in [2.45, 2.75) is 120 Å². The van der Waals surface area contributed by atoms with E-state index in [9.17, 15) is 36.8 Å². The predicted molar refractivity (Wildman–Crippen MR) is 196 cm³/mol. The number of carbonyl (C=O) groups is 5. The molecule has 55 heavy (non-hydrogen) atoms. The van der Waals surface area contributed by atoms with Crippen LogP contribution in [-0.2, 0) is 51.9 Å². The van der Waals surface area contributed by atoms with E-state index in [4.69, 9.17) is 14.3 Å². The van der Waals surface area contributed by atoms with Gasteiger partial charge in [-0.3, -0.25) is 19.3 Å². The maximum Gasteiger partial charge on any atom is 0.410 e. The van der Waals surface area contributed by atoms with Crippen LogP contribution in [0.5, 0.6) is 5.75 Å². The molecular weight excluding hydrogens is 758 g/mol. The number of benzene rings is 1. The van der Waals surface area contributed by atoms with Gasteiger partial charge >= 0.3 is 12.1 Å². The van der Waals surface area contributed by atoms with Gasteiger partial charge in [-0.1, -0.05) is 44.2 Å². The molecule has 3 N–H and O–H groups in total. The molecule has 0 spiro atoms. The van der Waals surface area contributed by atoms with E-state index in [-0.39, 0.29) is 49.0 Å². The molecule has 15 nitrogen and oxygen atoms in total. The van der Waals surface area contributed by atoms with Crippen molar-refractivity contribution in [2.24, 2.45) is 11.3 Å². The Morgan fingerprint density at radius 1 is 1.05 bits per heavy atom. The predicted octanol–water partition coefficient (Wildman–Crippen LogP) is 3.90. The van der Waals surface area contributed by atoms with Gasteiger partial charge in [0.25, 0.3) is 15.9 Å². The van der Waals surface area contributed by atoms with Crippen molar-refractivity contribution in [2.75, 3.05) is 13.7 Å². The van der Waals surface area contributed by atoms with Crippen molar-refractivity contribution in [1.82, 2.24) is 25.3 Å². The van der Waals surface area contributed by atoms with Gasteiger partial charge in [0.1, 0.15) is 39.5 Å². The lowest BCUT2D eigenvalue weighted by molar-refractivity contribution is -0.165. The fourth-order valence-corrected chi connectivity index (χ4v) is 9.52. The highest BCUT2D eigenvalue weighted by atomic mass is 32.2. The van der Waals surface area contributed by atoms with Crippen molar-refractivity contribution in [1.29, 1.82) is 0 Å². The Balaban J connectivity index is 1.25. The molecule has 18 heteroatoms. The van der Waals surface area contributed by atoms with Crippen LogP contribution in [0.1, 0.15) is 89.7 Å². The summed E-state index contributed by atoms with van der Waals surface area (Å²) in [5.74, 6) is -3.28. The standard InChI is InChI=1S/C37H48FN5O10S2/c1-36(2,3)34(47)53-40-28-14-9-7-5-6-8-12-23-17-37(23,33(46)41-55(49,50)30-16-25(51-4)21-54-30)39-31(44)29-15-24(19-43(29)32(28)45)52-35(48)42-18-22-11-10-13-27(38)26(22)20-42/h10-11,13,16,21,23-24,28-29,40H,5-9,12,14-15,17-20H2,1-4H3,(H,39,44)(H,41,46)/t23-,24-,28+,29+,37-/m1/s1. The van der Waals surface area contributed by atoms with Crippen molar-refractivity contribution < 1.29 is 51.1 Å². The number of thiophene rings is 1. The summed E-state index contributed by atoms with van der Waals surface area (Å²) in [5.41, 5.74) is 1.23. The van der Waals surface area contributed by atoms with Gasteiger partial charge in [-0.15, -0.1) is 16.8 Å². The summed E-state index contributed by atoms with van der Waals surface area (Å²) in [6, 6.07) is 3.61. The van der Waals surface area contributed by atoms with Crippen molar-refractivity contribution in [3.63, 3.8) is 0 Å². The second-order valence-corrected chi connectivity index (χ2v) is 18.6. The molecule has 1 aromatic carbocycles. The van der Waals surface area contributed by atoms with E-state index >= 15 is 0 Å². The molecule has 1 aromatic heterocycles. The maximum absolute atomic E-state index is 14.5. The minimum Gasteiger partial charge on any atom is -0.496 e. The smallest absolute Gasteiger partial charge is 0.410 e. The van der Waals surface area contributed by atoms with Gasteiger partial charge in [-0.25, -0.2) is 27.1 Å². The Morgan fingerprint density at radius 3 is 2.47 bits per heavy atom. The summed E-state index contributed by atoms with van der Waals surface area (Å²) in [6.07, 6.45) is 2.90. The first-order valence-corrected chi connectivity index (χ1v) is 20.9. The minimum atomic E-state index is -4.32. The van der Waals surface area contributed by atoms with E-state index < -0.39 is 74.8 Å². The first-order chi connectivity index (χ1) is 26.0. The molecule has 2 aromatic rings. The average molecular weight is 806 g/mol. The SMILES string of the molecule is COc1csc(S(=O)(=O)NC(=O)[C@@]23C[C@H]2CCCCCCC[C@H](NOC(=O)C(C)(C)C)C(=O)N2C[C@H](OC(=O)N4Cc5cccc(F)c5C4)C[C@H]2C(=O)N3)c1. The van der Waals surface area contributed by atoms with Crippen LogP contribution in [0.4, 0.5) is 9.18 Å². The van der Waals surface area contributed by atoms with E-state index in [0.29, 0.717) is 29.7 Å². The first-order valence-electron chi connectivity index (χ1n) is 18.5. The highest BCUT2D eigenvalue weighted by molar-refractivity contribution is 7.92. The zero-order valence-electron chi connectivity index (χ0n) is 31.4. The fourth-order valence-electron chi connectivity index (χ4n) is 7.36. The number of fused-ring (bicyclic) bond motifs is 3. The average Bonchev–Trinajstić information content (AvgIpc) is 3.55. The summed E-state index contributed by atoms with van der Waals surface area (Å²) < 4.78 is 54.0. The van der Waals surface area contributed by atoms with Crippen LogP contribution in [0, 0.1) is 17.2 Å². The zero-order chi connectivity index (χ0) is 39.7. The van der Waals surface area contributed by atoms with Crippen LogP contribution in [-0.4, -0.2) is 85.4 Å². The monoisotopic (exact) mass is 805 g/mol. The van der Waals surface area contributed by atoms with Gasteiger partial charge in [0.15, 0.2) is 0 Å². The normalized spacial score (nSPS) is 26.1. The summed E-state index contributed by atoms with van der Waals surface area (Å²) in [5, 5.41) is 4.31. The molecule has 2 saturated heterocycles. The summed E-state index contributed by atoms with van der Waals surface area (Å²) >= 11 is 0.879. The number of nitrogens with one attached hydrogen (secondary N) is 3.